The molecule has 0 heterocycles. The van der Waals surface area contributed by atoms with E-state index in [-0.39, 0.29) is 22.9 Å². The quantitative estimate of drug-likeness (QED) is 0.324. The number of carbonyl (C=O) groups is 1. The molecule has 0 unspecified atom stereocenters. The normalized spacial score (nSPS) is 47.5. The van der Waals surface area contributed by atoms with Gasteiger partial charge in [-0.1, -0.05) is 30.7 Å². The highest BCUT2D eigenvalue weighted by atomic mass is 16.5. The van der Waals surface area contributed by atoms with E-state index < -0.39 is 0 Å². The summed E-state index contributed by atoms with van der Waals surface area (Å²) in [7, 11) is 0. The Morgan fingerprint density at radius 3 is 2.64 bits per heavy atom. The largest absolute Gasteiger partial charge is 0.462 e. The first-order valence-electron chi connectivity index (χ1n) is 9.96. The molecule has 6 atom stereocenters. The number of hydrogen-bond donors (Lipinski definition) is 1. The van der Waals surface area contributed by atoms with Crippen LogP contribution in [0.25, 0.3) is 0 Å². The molecule has 0 aromatic heterocycles. The van der Waals surface area contributed by atoms with Crippen LogP contribution in [0.5, 0.6) is 0 Å². The van der Waals surface area contributed by atoms with E-state index in [1.165, 1.54) is 25.3 Å². The Hall–Kier alpha value is -1.32. The highest BCUT2D eigenvalue weighted by Gasteiger charge is 2.58. The van der Waals surface area contributed by atoms with E-state index in [0.717, 1.165) is 50.2 Å². The summed E-state index contributed by atoms with van der Waals surface area (Å²) in [5.74, 6) is 1.93. The van der Waals surface area contributed by atoms with Crippen LogP contribution in [0.2, 0.25) is 0 Å². The highest BCUT2D eigenvalue weighted by molar-refractivity contribution is 5.92. The maximum Gasteiger partial charge on any atom is 0.302 e. The summed E-state index contributed by atoms with van der Waals surface area (Å²) in [5, 5.41) is 13.1. The summed E-state index contributed by atoms with van der Waals surface area (Å²) in [5.41, 5.74) is 2.94. The predicted octanol–water partition coefficient (Wildman–Crippen LogP) is 4.71. The van der Waals surface area contributed by atoms with E-state index in [2.05, 4.69) is 25.1 Å². The van der Waals surface area contributed by atoms with Gasteiger partial charge < -0.3 is 9.94 Å². The van der Waals surface area contributed by atoms with E-state index in [9.17, 15) is 10.0 Å². The van der Waals surface area contributed by atoms with Gasteiger partial charge in [0.25, 0.3) is 0 Å². The molecular weight excluding hydrogens is 314 g/mol. The zero-order valence-electron chi connectivity index (χ0n) is 15.8. The smallest absolute Gasteiger partial charge is 0.302 e. The Bertz CT molecular complexity index is 639. The second kappa shape index (κ2) is 5.85. The van der Waals surface area contributed by atoms with Gasteiger partial charge in [0.1, 0.15) is 6.10 Å². The molecule has 0 aromatic rings. The number of nitrogens with zero attached hydrogens (tertiary/aromatic N) is 1. The first-order chi connectivity index (χ1) is 11.9. The summed E-state index contributed by atoms with van der Waals surface area (Å²) in [4.78, 5) is 11.3. The molecule has 4 aliphatic carbocycles. The van der Waals surface area contributed by atoms with E-state index >= 15 is 0 Å². The summed E-state index contributed by atoms with van der Waals surface area (Å²) < 4.78 is 5.51. The number of oxime groups is 1. The molecule has 0 radical (unpaired) electrons. The average molecular weight is 345 g/mol. The van der Waals surface area contributed by atoms with Crippen molar-refractivity contribution in [2.24, 2.45) is 33.7 Å². The zero-order valence-corrected chi connectivity index (χ0v) is 15.8. The first kappa shape index (κ1) is 17.1. The van der Waals surface area contributed by atoms with Crippen LogP contribution in [-0.4, -0.2) is 23.0 Å². The molecule has 1 N–H and O–H groups in total. The second-order valence-electron chi connectivity index (χ2n) is 9.28. The molecule has 0 aliphatic heterocycles. The van der Waals surface area contributed by atoms with Crippen molar-refractivity contribution in [3.8, 4) is 0 Å². The maximum absolute atomic E-state index is 11.3. The fraction of sp³-hybridized carbons (Fsp3) is 0.810. The van der Waals surface area contributed by atoms with Crippen molar-refractivity contribution < 1.29 is 14.7 Å². The minimum absolute atomic E-state index is 0.0711. The number of esters is 1. The van der Waals surface area contributed by atoms with Gasteiger partial charge >= 0.3 is 5.97 Å². The number of allylic oxidation sites excluding steroid dienone is 1. The second-order valence-corrected chi connectivity index (χ2v) is 9.28. The molecule has 4 heteroatoms. The van der Waals surface area contributed by atoms with Crippen molar-refractivity contribution >= 4 is 11.7 Å². The number of fused-ring (bicyclic) bond motifs is 5. The number of carbonyl (C=O) groups excluding carboxylic acids is 1. The Morgan fingerprint density at radius 1 is 1.20 bits per heavy atom. The lowest BCUT2D eigenvalue weighted by atomic mass is 9.48. The molecule has 4 aliphatic rings. The van der Waals surface area contributed by atoms with Gasteiger partial charge in [-0.3, -0.25) is 4.79 Å². The standard InChI is InChI=1S/C21H31NO3/c1-13(23)25-15-8-10-20(2)14(12-15)4-5-16-17-6-7-19(22-24)21(17,3)11-9-18(16)20/h4,15-18,24H,5-12H2,1-3H3/b22-19+/t15-,16-,17-,18-,20+,21-/m1/s1. The summed E-state index contributed by atoms with van der Waals surface area (Å²) in [6.07, 6.45) is 11.2. The predicted molar refractivity (Wildman–Crippen MR) is 96.5 cm³/mol. The molecule has 0 aromatic carbocycles. The molecule has 0 amide bonds. The van der Waals surface area contributed by atoms with Crippen LogP contribution < -0.4 is 0 Å². The lowest BCUT2D eigenvalue weighted by Crippen LogP contribution is -2.50. The van der Waals surface area contributed by atoms with E-state index in [1.54, 1.807) is 0 Å². The minimum Gasteiger partial charge on any atom is -0.462 e. The van der Waals surface area contributed by atoms with Crippen molar-refractivity contribution in [1.29, 1.82) is 0 Å². The lowest BCUT2D eigenvalue weighted by molar-refractivity contribution is -0.148. The van der Waals surface area contributed by atoms with Crippen LogP contribution >= 0.6 is 0 Å². The Labute approximate surface area is 150 Å². The number of rotatable bonds is 1. The van der Waals surface area contributed by atoms with Gasteiger partial charge in [-0.15, -0.1) is 0 Å². The summed E-state index contributed by atoms with van der Waals surface area (Å²) in [6, 6.07) is 0. The molecule has 3 fully saturated rings. The molecule has 3 saturated carbocycles. The van der Waals surface area contributed by atoms with Gasteiger partial charge in [-0.25, -0.2) is 0 Å². The lowest BCUT2D eigenvalue weighted by Gasteiger charge is -2.57. The van der Waals surface area contributed by atoms with E-state index in [1.807, 2.05) is 0 Å². The molecule has 0 bridgehead atoms. The minimum atomic E-state index is -0.155. The van der Waals surface area contributed by atoms with Gasteiger partial charge in [0.15, 0.2) is 0 Å². The topological polar surface area (TPSA) is 58.9 Å². The van der Waals surface area contributed by atoms with Crippen LogP contribution in [0.4, 0.5) is 0 Å². The SMILES string of the molecule is CC(=O)O[C@@H]1CC[C@@]2(C)C(=CC[C@H]3[C@H]2CC[C@@]2(C)/C(=N/O)CC[C@H]32)C1. The van der Waals surface area contributed by atoms with Crippen molar-refractivity contribution in [2.45, 2.75) is 78.2 Å². The summed E-state index contributed by atoms with van der Waals surface area (Å²) >= 11 is 0. The van der Waals surface area contributed by atoms with Crippen LogP contribution in [0.1, 0.15) is 72.1 Å². The number of ether oxygens (including phenoxy) is 1. The van der Waals surface area contributed by atoms with Gasteiger partial charge in [0.05, 0.1) is 5.71 Å². The van der Waals surface area contributed by atoms with E-state index in [0.29, 0.717) is 11.8 Å². The molecule has 25 heavy (non-hydrogen) atoms. The van der Waals surface area contributed by atoms with Crippen LogP contribution in [0, 0.1) is 28.6 Å². The number of hydrogen-bond acceptors (Lipinski definition) is 4. The Balaban J connectivity index is 1.60. The van der Waals surface area contributed by atoms with E-state index in [4.69, 9.17) is 4.74 Å². The molecule has 138 valence electrons. The summed E-state index contributed by atoms with van der Waals surface area (Å²) in [6.45, 7) is 6.30. The maximum atomic E-state index is 11.3. The van der Waals surface area contributed by atoms with Gasteiger partial charge in [0.2, 0.25) is 0 Å². The van der Waals surface area contributed by atoms with Gasteiger partial charge in [-0.2, -0.15) is 0 Å². The third kappa shape index (κ3) is 2.47. The zero-order chi connectivity index (χ0) is 17.8. The molecule has 0 spiro atoms. The van der Waals surface area contributed by atoms with Crippen molar-refractivity contribution in [2.75, 3.05) is 0 Å². The van der Waals surface area contributed by atoms with Gasteiger partial charge in [-0.05, 0) is 68.1 Å². The van der Waals surface area contributed by atoms with Gasteiger partial charge in [0, 0.05) is 18.8 Å². The van der Waals surface area contributed by atoms with Crippen LogP contribution in [-0.2, 0) is 9.53 Å². The Kier molecular flexibility index (Phi) is 4.01. The van der Waals surface area contributed by atoms with Crippen molar-refractivity contribution in [3.05, 3.63) is 11.6 Å². The fourth-order valence-electron chi connectivity index (χ4n) is 6.92. The van der Waals surface area contributed by atoms with Crippen LogP contribution in [0.15, 0.2) is 16.8 Å². The van der Waals surface area contributed by atoms with Crippen molar-refractivity contribution in [1.82, 2.24) is 0 Å². The monoisotopic (exact) mass is 345 g/mol. The van der Waals surface area contributed by atoms with Crippen LogP contribution in [0.3, 0.4) is 0 Å². The molecule has 0 saturated heterocycles. The molecule has 4 nitrogen and oxygen atoms in total. The Morgan fingerprint density at radius 2 is 1.92 bits per heavy atom. The first-order valence-corrected chi connectivity index (χ1v) is 9.96. The highest BCUT2D eigenvalue weighted by Crippen LogP contribution is 2.64. The third-order valence-electron chi connectivity index (χ3n) is 8.25. The van der Waals surface area contributed by atoms with Crippen molar-refractivity contribution in [3.63, 3.8) is 0 Å². The average Bonchev–Trinajstić information content (AvgIpc) is 2.91. The molecular formula is C21H31NO3. The third-order valence-corrected chi connectivity index (χ3v) is 8.25. The molecule has 4 rings (SSSR count). The fourth-order valence-corrected chi connectivity index (χ4v) is 6.92.